The quantitative estimate of drug-likeness (QED) is 0.781. The topological polar surface area (TPSA) is 76.5 Å². The molecule has 0 spiro atoms. The maximum Gasteiger partial charge on any atom is 0.319 e. The highest BCUT2D eigenvalue weighted by Gasteiger charge is 2.10. The number of nitrogens with two attached hydrogens (primary N) is 1. The van der Waals surface area contributed by atoms with E-state index in [0.717, 1.165) is 5.65 Å². The Morgan fingerprint density at radius 1 is 1.67 bits per heavy atom. The molecule has 6 heteroatoms. The predicted octanol–water partition coefficient (Wildman–Crippen LogP) is 0.634. The van der Waals surface area contributed by atoms with Crippen molar-refractivity contribution in [2.45, 2.75) is 6.92 Å². The van der Waals surface area contributed by atoms with Gasteiger partial charge in [-0.1, -0.05) is 0 Å². The van der Waals surface area contributed by atoms with Crippen molar-refractivity contribution in [2.75, 3.05) is 11.4 Å². The third-order valence-corrected chi connectivity index (χ3v) is 2.13. The molecule has 2 N–H and O–H groups in total. The molecule has 0 aliphatic carbocycles. The number of fused-ring (bicyclic) bond motifs is 1. The first-order valence-corrected chi connectivity index (χ1v) is 4.58. The van der Waals surface area contributed by atoms with Crippen LogP contribution in [0.25, 0.3) is 5.65 Å². The lowest BCUT2D eigenvalue weighted by atomic mass is 10.4. The molecule has 0 atom stereocenters. The Morgan fingerprint density at radius 2 is 2.47 bits per heavy atom. The van der Waals surface area contributed by atoms with Crippen molar-refractivity contribution in [2.24, 2.45) is 5.73 Å². The zero-order chi connectivity index (χ0) is 10.8. The van der Waals surface area contributed by atoms with Crippen molar-refractivity contribution >= 4 is 17.4 Å². The van der Waals surface area contributed by atoms with Gasteiger partial charge in [-0.05, 0) is 6.92 Å². The van der Waals surface area contributed by atoms with Crippen LogP contribution in [0.4, 0.5) is 10.5 Å². The third-order valence-electron chi connectivity index (χ3n) is 2.13. The highest BCUT2D eigenvalue weighted by atomic mass is 16.2. The van der Waals surface area contributed by atoms with Crippen LogP contribution in [0, 0.1) is 0 Å². The summed E-state index contributed by atoms with van der Waals surface area (Å²) < 4.78 is 1.60. The van der Waals surface area contributed by atoms with Crippen LogP contribution in [0.15, 0.2) is 24.7 Å². The number of urea groups is 1. The Balaban J connectivity index is 2.46. The average Bonchev–Trinajstić information content (AvgIpc) is 2.65. The molecule has 0 fully saturated rings. The van der Waals surface area contributed by atoms with Crippen molar-refractivity contribution < 1.29 is 4.79 Å². The number of nitrogens with zero attached hydrogens (tertiary/aromatic N) is 4. The lowest BCUT2D eigenvalue weighted by Gasteiger charge is -2.17. The largest absolute Gasteiger partial charge is 0.351 e. The van der Waals surface area contributed by atoms with Crippen LogP contribution in [0.3, 0.4) is 0 Å². The molecule has 0 bridgehead atoms. The van der Waals surface area contributed by atoms with Gasteiger partial charge in [0.15, 0.2) is 5.65 Å². The summed E-state index contributed by atoms with van der Waals surface area (Å²) in [5.74, 6) is 0. The summed E-state index contributed by atoms with van der Waals surface area (Å²) in [6, 6.07) is 1.29. The smallest absolute Gasteiger partial charge is 0.319 e. The summed E-state index contributed by atoms with van der Waals surface area (Å²) in [7, 11) is 0. The van der Waals surface area contributed by atoms with Gasteiger partial charge in [0.2, 0.25) is 0 Å². The van der Waals surface area contributed by atoms with Crippen LogP contribution in [0.2, 0.25) is 0 Å². The molecule has 0 aliphatic rings. The lowest BCUT2D eigenvalue weighted by molar-refractivity contribution is 0.254. The first-order chi connectivity index (χ1) is 7.22. The van der Waals surface area contributed by atoms with E-state index < -0.39 is 6.03 Å². The molecule has 0 saturated heterocycles. The normalized spacial score (nSPS) is 10.5. The number of hydrogen-bond donors (Lipinski definition) is 1. The van der Waals surface area contributed by atoms with Crippen molar-refractivity contribution in [3.63, 3.8) is 0 Å². The van der Waals surface area contributed by atoms with Crippen molar-refractivity contribution in [1.29, 1.82) is 0 Å². The van der Waals surface area contributed by atoms with E-state index in [1.165, 1.54) is 4.90 Å². The Bertz CT molecular complexity index is 492. The van der Waals surface area contributed by atoms with Crippen LogP contribution >= 0.6 is 0 Å². The Hall–Kier alpha value is -2.11. The molecule has 2 heterocycles. The summed E-state index contributed by atoms with van der Waals surface area (Å²) in [6.45, 7) is 2.35. The Labute approximate surface area is 86.3 Å². The summed E-state index contributed by atoms with van der Waals surface area (Å²) in [5.41, 5.74) is 6.60. The maximum absolute atomic E-state index is 11.1. The van der Waals surface area contributed by atoms with E-state index >= 15 is 0 Å². The zero-order valence-corrected chi connectivity index (χ0v) is 8.29. The molecule has 6 nitrogen and oxygen atoms in total. The number of primary amides is 1. The fraction of sp³-hybridized carbons (Fsp3) is 0.222. The van der Waals surface area contributed by atoms with Gasteiger partial charge in [0.05, 0.1) is 24.3 Å². The fourth-order valence-corrected chi connectivity index (χ4v) is 1.40. The average molecular weight is 205 g/mol. The minimum atomic E-state index is -0.495. The van der Waals surface area contributed by atoms with E-state index in [0.29, 0.717) is 12.2 Å². The molecule has 0 aliphatic heterocycles. The SMILES string of the molecule is CCN(C(N)=O)c1cnc2ccnn2c1. The molecule has 78 valence electrons. The van der Waals surface area contributed by atoms with E-state index in [1.807, 2.05) is 6.92 Å². The summed E-state index contributed by atoms with van der Waals surface area (Å²) in [5, 5.41) is 4.03. The zero-order valence-electron chi connectivity index (χ0n) is 8.29. The van der Waals surface area contributed by atoms with Gasteiger partial charge in [0, 0.05) is 12.6 Å². The second-order valence-electron chi connectivity index (χ2n) is 3.03. The molecule has 0 aromatic carbocycles. The molecule has 0 saturated carbocycles. The van der Waals surface area contributed by atoms with E-state index in [2.05, 4.69) is 10.1 Å². The van der Waals surface area contributed by atoms with Crippen LogP contribution in [0.1, 0.15) is 6.92 Å². The number of amides is 2. The first kappa shape index (κ1) is 9.45. The predicted molar refractivity (Wildman–Crippen MR) is 55.6 cm³/mol. The third kappa shape index (κ3) is 1.61. The van der Waals surface area contributed by atoms with Gasteiger partial charge in [-0.25, -0.2) is 14.3 Å². The molecular formula is C9H11N5O. The lowest BCUT2D eigenvalue weighted by Crippen LogP contribution is -2.35. The van der Waals surface area contributed by atoms with Gasteiger partial charge in [0.25, 0.3) is 0 Å². The number of hydrogen-bond acceptors (Lipinski definition) is 3. The van der Waals surface area contributed by atoms with E-state index in [4.69, 9.17) is 5.73 Å². The van der Waals surface area contributed by atoms with Crippen LogP contribution in [-0.2, 0) is 0 Å². The maximum atomic E-state index is 11.1. The summed E-state index contributed by atoms with van der Waals surface area (Å²) in [4.78, 5) is 16.7. The van der Waals surface area contributed by atoms with E-state index in [1.54, 1.807) is 29.2 Å². The minimum Gasteiger partial charge on any atom is -0.351 e. The number of carbonyl (C=O) groups is 1. The van der Waals surface area contributed by atoms with Crippen LogP contribution < -0.4 is 10.6 Å². The molecular weight excluding hydrogens is 194 g/mol. The van der Waals surface area contributed by atoms with Crippen molar-refractivity contribution in [3.05, 3.63) is 24.7 Å². The van der Waals surface area contributed by atoms with Gasteiger partial charge in [-0.15, -0.1) is 0 Å². The summed E-state index contributed by atoms with van der Waals surface area (Å²) in [6.07, 6.45) is 4.97. The van der Waals surface area contributed by atoms with E-state index in [9.17, 15) is 4.79 Å². The molecule has 2 aromatic rings. The van der Waals surface area contributed by atoms with Gasteiger partial charge in [0.1, 0.15) is 0 Å². The van der Waals surface area contributed by atoms with Gasteiger partial charge >= 0.3 is 6.03 Å². The molecule has 2 aromatic heterocycles. The van der Waals surface area contributed by atoms with Gasteiger partial charge < -0.3 is 5.73 Å². The van der Waals surface area contributed by atoms with Crippen LogP contribution in [0.5, 0.6) is 0 Å². The fourth-order valence-electron chi connectivity index (χ4n) is 1.40. The molecule has 2 amide bonds. The number of carbonyl (C=O) groups excluding carboxylic acids is 1. The first-order valence-electron chi connectivity index (χ1n) is 4.58. The number of rotatable bonds is 2. The highest BCUT2D eigenvalue weighted by molar-refractivity contribution is 5.90. The van der Waals surface area contributed by atoms with Gasteiger partial charge in [-0.2, -0.15) is 5.10 Å². The van der Waals surface area contributed by atoms with Crippen molar-refractivity contribution in [3.8, 4) is 0 Å². The second kappa shape index (κ2) is 3.56. The van der Waals surface area contributed by atoms with Crippen LogP contribution in [-0.4, -0.2) is 27.2 Å². The molecule has 15 heavy (non-hydrogen) atoms. The molecule has 0 radical (unpaired) electrons. The Morgan fingerprint density at radius 3 is 3.13 bits per heavy atom. The highest BCUT2D eigenvalue weighted by Crippen LogP contribution is 2.12. The molecule has 0 unspecified atom stereocenters. The second-order valence-corrected chi connectivity index (χ2v) is 3.03. The molecule has 2 rings (SSSR count). The minimum absolute atomic E-state index is 0.495. The number of aromatic nitrogens is 3. The van der Waals surface area contributed by atoms with Gasteiger partial charge in [-0.3, -0.25) is 4.90 Å². The monoisotopic (exact) mass is 205 g/mol. The van der Waals surface area contributed by atoms with Crippen molar-refractivity contribution in [1.82, 2.24) is 14.6 Å². The standard InChI is InChI=1S/C9H11N5O/c1-2-13(9(10)15)7-5-11-8-3-4-12-14(8)6-7/h3-6H,2H2,1H3,(H2,10,15). The number of anilines is 1. The Kier molecular flexibility index (Phi) is 2.24. The van der Waals surface area contributed by atoms with E-state index in [-0.39, 0.29) is 0 Å². The summed E-state index contributed by atoms with van der Waals surface area (Å²) >= 11 is 0.